The van der Waals surface area contributed by atoms with Crippen LogP contribution in [0.2, 0.25) is 0 Å². The Morgan fingerprint density at radius 2 is 1.18 bits per heavy atom. The Bertz CT molecular complexity index is 290. The lowest BCUT2D eigenvalue weighted by Gasteiger charge is -2.32. The molecule has 0 rings (SSSR count). The molecule has 0 saturated carbocycles. The van der Waals surface area contributed by atoms with Crippen molar-refractivity contribution in [2.24, 2.45) is 0 Å². The molecule has 1 N–H and O–H groups in total. The fourth-order valence-electron chi connectivity index (χ4n) is 0.693. The summed E-state index contributed by atoms with van der Waals surface area (Å²) in [5, 5.41) is 7.98. The van der Waals surface area contributed by atoms with Crippen LogP contribution in [0, 0.1) is 0 Å². The highest BCUT2D eigenvalue weighted by Crippen LogP contribution is 2.53. The van der Waals surface area contributed by atoms with Crippen molar-refractivity contribution < 1.29 is 44.6 Å². The van der Waals surface area contributed by atoms with Gasteiger partial charge in [-0.15, -0.1) is 0 Å². The van der Waals surface area contributed by atoms with Crippen molar-refractivity contribution >= 4 is 0 Å². The predicted molar refractivity (Wildman–Crippen MR) is 37.1 cm³/mol. The first-order valence-corrected chi connectivity index (χ1v) is 3.80. The highest BCUT2D eigenvalue weighted by Gasteiger charge is 2.81. The van der Waals surface area contributed by atoms with E-state index < -0.39 is 36.6 Å². The van der Waals surface area contributed by atoms with Gasteiger partial charge >= 0.3 is 23.9 Å². The molecule has 0 bridgehead atoms. The van der Waals surface area contributed by atoms with Crippen LogP contribution in [0.1, 0.15) is 0 Å². The lowest BCUT2D eigenvalue weighted by Crippen LogP contribution is -2.60. The van der Waals surface area contributed by atoms with Crippen molar-refractivity contribution in [1.29, 1.82) is 0 Å². The molecule has 0 aromatic heterocycles. The van der Waals surface area contributed by atoms with E-state index >= 15 is 0 Å². The van der Waals surface area contributed by atoms with Crippen molar-refractivity contribution in [3.05, 3.63) is 12.2 Å². The lowest BCUT2D eigenvalue weighted by atomic mass is 10.0. The Labute approximate surface area is 88.5 Å². The topological polar surface area (TPSA) is 20.2 Å². The summed E-state index contributed by atoms with van der Waals surface area (Å²) in [6, 6.07) is 0. The van der Waals surface area contributed by atoms with Crippen LogP contribution in [0.15, 0.2) is 12.2 Å². The lowest BCUT2D eigenvalue weighted by molar-refractivity contribution is -0.388. The van der Waals surface area contributed by atoms with Gasteiger partial charge < -0.3 is 5.11 Å². The fraction of sp³-hybridized carbons (Fsp3) is 0.714. The van der Waals surface area contributed by atoms with E-state index in [0.717, 1.165) is 0 Å². The Balaban J connectivity index is 5.47. The number of halogens is 9. The second-order valence-corrected chi connectivity index (χ2v) is 2.85. The molecule has 1 nitrogen and oxygen atoms in total. The Kier molecular flexibility index (Phi) is 4.15. The van der Waals surface area contributed by atoms with Crippen LogP contribution < -0.4 is 0 Å². The largest absolute Gasteiger partial charge is 0.460 e. The first-order valence-electron chi connectivity index (χ1n) is 3.80. The second kappa shape index (κ2) is 4.39. The molecule has 0 spiro atoms. The van der Waals surface area contributed by atoms with Crippen LogP contribution in [-0.2, 0) is 0 Å². The summed E-state index contributed by atoms with van der Waals surface area (Å²) in [7, 11) is 0. The number of allylic oxidation sites excluding steroid dienone is 1. The molecule has 0 aliphatic rings. The SMILES string of the molecule is OCC=CC(F)(F)C(F)(F)C(F)(F)C(F)(F)F. The summed E-state index contributed by atoms with van der Waals surface area (Å²) in [6.45, 7) is -1.22. The maximum Gasteiger partial charge on any atom is 0.460 e. The zero-order valence-electron chi connectivity index (χ0n) is 7.71. The molecule has 0 fully saturated rings. The predicted octanol–water partition coefficient (Wildman–Crippen LogP) is 3.00. The molecule has 0 atom stereocenters. The maximum atomic E-state index is 12.5. The molecule has 0 unspecified atom stereocenters. The first kappa shape index (κ1) is 16.1. The standard InChI is InChI=1S/C7H5F9O/c8-4(9,2-1-3-17)5(10,11)6(12,13)7(14,15)16/h1-2,17H,3H2. The fourth-order valence-corrected chi connectivity index (χ4v) is 0.693. The van der Waals surface area contributed by atoms with Crippen molar-refractivity contribution in [3.8, 4) is 0 Å². The van der Waals surface area contributed by atoms with Crippen LogP contribution >= 0.6 is 0 Å². The molecule has 0 aliphatic carbocycles. The smallest absolute Gasteiger partial charge is 0.392 e. The molecular weight excluding hydrogens is 271 g/mol. The highest BCUT2D eigenvalue weighted by molar-refractivity contribution is 5.09. The van der Waals surface area contributed by atoms with E-state index in [1.807, 2.05) is 0 Å². The van der Waals surface area contributed by atoms with Gasteiger partial charge in [-0.1, -0.05) is 6.08 Å². The van der Waals surface area contributed by atoms with Gasteiger partial charge in [-0.05, 0) is 6.08 Å². The van der Waals surface area contributed by atoms with Crippen LogP contribution in [0.4, 0.5) is 39.5 Å². The van der Waals surface area contributed by atoms with E-state index in [4.69, 9.17) is 5.11 Å². The zero-order chi connectivity index (χ0) is 14.1. The second-order valence-electron chi connectivity index (χ2n) is 2.85. The summed E-state index contributed by atoms with van der Waals surface area (Å²) in [4.78, 5) is 0. The highest BCUT2D eigenvalue weighted by atomic mass is 19.4. The van der Waals surface area contributed by atoms with Gasteiger partial charge in [-0.25, -0.2) is 0 Å². The van der Waals surface area contributed by atoms with Gasteiger partial charge in [0.15, 0.2) is 0 Å². The normalized spacial score (nSPS) is 15.6. The van der Waals surface area contributed by atoms with Crippen LogP contribution in [0.5, 0.6) is 0 Å². The van der Waals surface area contributed by atoms with Crippen molar-refractivity contribution in [3.63, 3.8) is 0 Å². The van der Waals surface area contributed by atoms with E-state index in [9.17, 15) is 39.5 Å². The molecule has 0 aromatic rings. The van der Waals surface area contributed by atoms with E-state index in [1.165, 1.54) is 0 Å². The van der Waals surface area contributed by atoms with Gasteiger partial charge in [0.2, 0.25) is 0 Å². The average molecular weight is 276 g/mol. The van der Waals surface area contributed by atoms with Crippen molar-refractivity contribution in [2.75, 3.05) is 6.61 Å². The van der Waals surface area contributed by atoms with Gasteiger partial charge in [-0.2, -0.15) is 39.5 Å². The molecule has 0 aromatic carbocycles. The van der Waals surface area contributed by atoms with Gasteiger partial charge in [0.1, 0.15) is 0 Å². The minimum atomic E-state index is -6.90. The quantitative estimate of drug-likeness (QED) is 0.618. The van der Waals surface area contributed by atoms with Crippen LogP contribution in [0.25, 0.3) is 0 Å². The molecule has 0 amide bonds. The van der Waals surface area contributed by atoms with Crippen LogP contribution in [0.3, 0.4) is 0 Å². The van der Waals surface area contributed by atoms with E-state index in [1.54, 1.807) is 0 Å². The maximum absolute atomic E-state index is 12.5. The summed E-state index contributed by atoms with van der Waals surface area (Å²) in [5.41, 5.74) is 0. The van der Waals surface area contributed by atoms with Gasteiger partial charge in [-0.3, -0.25) is 0 Å². The molecule has 10 heteroatoms. The number of hydrogen-bond donors (Lipinski definition) is 1. The number of aliphatic hydroxyl groups excluding tert-OH is 1. The Morgan fingerprint density at radius 1 is 0.765 bits per heavy atom. The summed E-state index contributed by atoms with van der Waals surface area (Å²) >= 11 is 0. The Hall–Kier alpha value is -0.930. The summed E-state index contributed by atoms with van der Waals surface area (Å²) in [6.07, 6.45) is -7.81. The summed E-state index contributed by atoms with van der Waals surface area (Å²) < 4.78 is 109. The molecule has 102 valence electrons. The summed E-state index contributed by atoms with van der Waals surface area (Å²) in [5.74, 6) is -19.3. The van der Waals surface area contributed by atoms with Gasteiger partial charge in [0.05, 0.1) is 6.61 Å². The minimum absolute atomic E-state index is 0.0691. The molecule has 0 aliphatic heterocycles. The number of aliphatic hydroxyl groups is 1. The zero-order valence-corrected chi connectivity index (χ0v) is 7.71. The van der Waals surface area contributed by atoms with Crippen molar-refractivity contribution in [2.45, 2.75) is 23.9 Å². The molecular formula is C7H5F9O. The number of alkyl halides is 9. The average Bonchev–Trinajstić information content (AvgIpc) is 2.12. The first-order chi connectivity index (χ1) is 7.31. The minimum Gasteiger partial charge on any atom is -0.392 e. The third kappa shape index (κ3) is 2.67. The molecule has 0 radical (unpaired) electrons. The van der Waals surface area contributed by atoms with Crippen LogP contribution in [-0.4, -0.2) is 35.7 Å². The molecule has 0 saturated heterocycles. The third-order valence-electron chi connectivity index (χ3n) is 1.60. The van der Waals surface area contributed by atoms with Crippen molar-refractivity contribution in [1.82, 2.24) is 0 Å². The third-order valence-corrected chi connectivity index (χ3v) is 1.60. The van der Waals surface area contributed by atoms with Gasteiger partial charge in [0, 0.05) is 0 Å². The van der Waals surface area contributed by atoms with Gasteiger partial charge in [0.25, 0.3) is 0 Å². The number of rotatable bonds is 4. The number of hydrogen-bond acceptors (Lipinski definition) is 1. The van der Waals surface area contributed by atoms with E-state index in [2.05, 4.69) is 0 Å². The molecule has 0 heterocycles. The van der Waals surface area contributed by atoms with E-state index in [-0.39, 0.29) is 6.08 Å². The van der Waals surface area contributed by atoms with E-state index in [0.29, 0.717) is 0 Å². The molecule has 17 heavy (non-hydrogen) atoms. The monoisotopic (exact) mass is 276 g/mol. The Morgan fingerprint density at radius 3 is 1.47 bits per heavy atom.